The smallest absolute Gasteiger partial charge is 0.275 e. The molecule has 2 saturated carbocycles. The van der Waals surface area contributed by atoms with Gasteiger partial charge in [0, 0.05) is 43.0 Å². The van der Waals surface area contributed by atoms with Gasteiger partial charge >= 0.3 is 0 Å². The molecule has 2 aromatic rings. The summed E-state index contributed by atoms with van der Waals surface area (Å²) in [6.07, 6.45) is 3.24. The van der Waals surface area contributed by atoms with E-state index in [-0.39, 0.29) is 17.8 Å². The minimum atomic E-state index is -1.17. The Bertz CT molecular complexity index is 1250. The zero-order valence-corrected chi connectivity index (χ0v) is 16.6. The molecule has 6 rings (SSSR count). The second-order valence-electron chi connectivity index (χ2n) is 9.06. The van der Waals surface area contributed by atoms with E-state index >= 15 is 0 Å². The molecule has 7 nitrogen and oxygen atoms in total. The lowest BCUT2D eigenvalue weighted by Crippen LogP contribution is -2.53. The fraction of sp³-hybridized carbons (Fsp3) is 0.409. The van der Waals surface area contributed by atoms with Gasteiger partial charge in [-0.15, -0.1) is 0 Å². The van der Waals surface area contributed by atoms with Crippen LogP contribution >= 0.6 is 0 Å². The minimum absolute atomic E-state index is 0.0380. The van der Waals surface area contributed by atoms with Crippen LogP contribution in [-0.4, -0.2) is 38.5 Å². The first kappa shape index (κ1) is 19.4. The van der Waals surface area contributed by atoms with Gasteiger partial charge in [0.15, 0.2) is 11.4 Å². The summed E-state index contributed by atoms with van der Waals surface area (Å²) in [7, 11) is 0. The van der Waals surface area contributed by atoms with Crippen molar-refractivity contribution in [2.45, 2.75) is 38.0 Å². The van der Waals surface area contributed by atoms with Gasteiger partial charge < -0.3 is 19.9 Å². The Labute approximate surface area is 179 Å². The van der Waals surface area contributed by atoms with Crippen LogP contribution in [0.4, 0.5) is 13.2 Å². The average Bonchev–Trinajstić information content (AvgIpc) is 3.34. The van der Waals surface area contributed by atoms with Crippen molar-refractivity contribution in [3.8, 4) is 5.75 Å². The lowest BCUT2D eigenvalue weighted by Gasteiger charge is -2.40. The fourth-order valence-corrected chi connectivity index (χ4v) is 6.05. The van der Waals surface area contributed by atoms with Crippen LogP contribution in [0.25, 0.3) is 0 Å². The molecule has 2 amide bonds. The number of aromatic nitrogens is 1. The maximum absolute atomic E-state index is 13.8. The van der Waals surface area contributed by atoms with Crippen LogP contribution in [0.1, 0.15) is 39.3 Å². The molecular weight excluding hydrogens is 427 g/mol. The topological polar surface area (TPSA) is 91.6 Å². The molecular formula is C22H18F3N3O4. The number of hydrogen-bond acceptors (Lipinski definition) is 4. The highest BCUT2D eigenvalue weighted by Gasteiger charge is 2.66. The standard InChI is InChI=1S/C22H18F3N3O4/c23-8-1-14(24)12(15(25)2-8)5-26-21(31)13-6-27-7-17-11-4-16(10-3-9(10)11)28(17)22(32)18(27)20(30)19(13)29/h1-2,6,9-11,16-17,30H,3-5,7H2,(H,26,31)/t9-,10+,11+,16+,17-/m1/s1. The number of nitrogens with zero attached hydrogens (tertiary/aromatic N) is 2. The van der Waals surface area contributed by atoms with Gasteiger partial charge in [-0.3, -0.25) is 14.4 Å². The molecule has 0 radical (unpaired) electrons. The molecule has 1 aromatic heterocycles. The van der Waals surface area contributed by atoms with Crippen molar-refractivity contribution in [1.82, 2.24) is 14.8 Å². The average molecular weight is 445 g/mol. The van der Waals surface area contributed by atoms with Crippen molar-refractivity contribution in [3.63, 3.8) is 0 Å². The quantitative estimate of drug-likeness (QED) is 0.754. The number of nitrogens with one attached hydrogen (secondary N) is 1. The Hall–Kier alpha value is -3.30. The molecule has 1 saturated heterocycles. The van der Waals surface area contributed by atoms with E-state index in [9.17, 15) is 32.7 Å². The number of carbonyl (C=O) groups excluding carboxylic acids is 2. The fourth-order valence-electron chi connectivity index (χ4n) is 6.05. The van der Waals surface area contributed by atoms with E-state index < -0.39 is 58.1 Å². The first-order valence-electron chi connectivity index (χ1n) is 10.5. The van der Waals surface area contributed by atoms with Gasteiger partial charge in [-0.05, 0) is 30.6 Å². The third kappa shape index (κ3) is 2.52. The molecule has 4 aliphatic rings. The summed E-state index contributed by atoms with van der Waals surface area (Å²) in [4.78, 5) is 40.2. The van der Waals surface area contributed by atoms with Gasteiger partial charge in [0.25, 0.3) is 11.8 Å². The molecule has 166 valence electrons. The summed E-state index contributed by atoms with van der Waals surface area (Å²) in [5, 5.41) is 12.7. The van der Waals surface area contributed by atoms with Crippen molar-refractivity contribution in [2.75, 3.05) is 0 Å². The third-order valence-corrected chi connectivity index (χ3v) is 7.51. The predicted octanol–water partition coefficient (Wildman–Crippen LogP) is 1.76. The largest absolute Gasteiger partial charge is 0.503 e. The summed E-state index contributed by atoms with van der Waals surface area (Å²) in [6.45, 7) is -0.262. The Kier molecular flexibility index (Phi) is 3.86. The van der Waals surface area contributed by atoms with Crippen molar-refractivity contribution in [1.29, 1.82) is 0 Å². The number of hydrogen-bond donors (Lipinski definition) is 2. The van der Waals surface area contributed by atoms with Crippen molar-refractivity contribution in [3.05, 3.63) is 62.8 Å². The minimum Gasteiger partial charge on any atom is -0.503 e. The van der Waals surface area contributed by atoms with E-state index in [1.165, 1.54) is 10.8 Å². The molecule has 32 heavy (non-hydrogen) atoms. The lowest BCUT2D eigenvalue weighted by molar-refractivity contribution is 0.0465. The molecule has 10 heteroatoms. The maximum atomic E-state index is 13.8. The highest BCUT2D eigenvalue weighted by molar-refractivity contribution is 5.99. The predicted molar refractivity (Wildman–Crippen MR) is 103 cm³/mol. The lowest BCUT2D eigenvalue weighted by atomic mass is 9.94. The van der Waals surface area contributed by atoms with Gasteiger partial charge in [-0.1, -0.05) is 0 Å². The monoisotopic (exact) mass is 445 g/mol. The highest BCUT2D eigenvalue weighted by atomic mass is 19.1. The second-order valence-corrected chi connectivity index (χ2v) is 9.06. The van der Waals surface area contributed by atoms with E-state index in [0.717, 1.165) is 12.8 Å². The van der Waals surface area contributed by atoms with Crippen LogP contribution in [0.5, 0.6) is 5.75 Å². The van der Waals surface area contributed by atoms with Crippen LogP contribution in [0.2, 0.25) is 0 Å². The van der Waals surface area contributed by atoms with Crippen molar-refractivity contribution in [2.24, 2.45) is 17.8 Å². The SMILES string of the molecule is O=C(NCc1c(F)cc(F)cc1F)c1cn2c(c(O)c1=O)C(=O)N1[C@H](C2)[C@H]2C[C@H]1[C@H]1C[C@@H]21. The van der Waals surface area contributed by atoms with Crippen LogP contribution < -0.4 is 10.7 Å². The number of fused-ring (bicyclic) bond motifs is 9. The Morgan fingerprint density at radius 1 is 1.06 bits per heavy atom. The molecule has 0 unspecified atom stereocenters. The number of piperidine rings is 1. The zero-order valence-electron chi connectivity index (χ0n) is 16.6. The molecule has 2 aliphatic heterocycles. The van der Waals surface area contributed by atoms with E-state index in [0.29, 0.717) is 36.4 Å². The molecule has 1 aromatic carbocycles. The second kappa shape index (κ2) is 6.36. The molecule has 2 N–H and O–H groups in total. The summed E-state index contributed by atoms with van der Waals surface area (Å²) in [5.74, 6) is -4.11. The number of halogens is 3. The van der Waals surface area contributed by atoms with E-state index in [1.807, 2.05) is 0 Å². The number of carbonyl (C=O) groups is 2. The molecule has 5 atom stereocenters. The third-order valence-electron chi connectivity index (χ3n) is 7.51. The number of rotatable bonds is 3. The first-order chi connectivity index (χ1) is 15.3. The van der Waals surface area contributed by atoms with E-state index in [4.69, 9.17) is 0 Å². The highest BCUT2D eigenvalue weighted by Crippen LogP contribution is 2.64. The molecule has 0 spiro atoms. The number of pyridine rings is 1. The summed E-state index contributed by atoms with van der Waals surface area (Å²) in [5.41, 5.74) is -2.17. The van der Waals surface area contributed by atoms with E-state index in [2.05, 4.69) is 5.32 Å². The number of amides is 2. The molecule has 3 heterocycles. The van der Waals surface area contributed by atoms with Gasteiger partial charge in [0.1, 0.15) is 23.0 Å². The zero-order chi connectivity index (χ0) is 22.5. The van der Waals surface area contributed by atoms with Crippen LogP contribution in [0.15, 0.2) is 23.1 Å². The maximum Gasteiger partial charge on any atom is 0.275 e. The first-order valence-corrected chi connectivity index (χ1v) is 10.5. The molecule has 2 aliphatic carbocycles. The summed E-state index contributed by atoms with van der Waals surface area (Å²) in [6, 6.07) is 1.08. The van der Waals surface area contributed by atoms with Gasteiger partial charge in [-0.25, -0.2) is 13.2 Å². The van der Waals surface area contributed by atoms with Gasteiger partial charge in [0.05, 0.1) is 6.04 Å². The van der Waals surface area contributed by atoms with Gasteiger partial charge in [-0.2, -0.15) is 0 Å². The molecule has 3 fully saturated rings. The normalized spacial score (nSPS) is 28.9. The van der Waals surface area contributed by atoms with Crippen molar-refractivity contribution < 1.29 is 27.9 Å². The van der Waals surface area contributed by atoms with Gasteiger partial charge in [0.2, 0.25) is 5.43 Å². The van der Waals surface area contributed by atoms with E-state index in [1.54, 1.807) is 4.90 Å². The summed E-state index contributed by atoms with van der Waals surface area (Å²) >= 11 is 0. The summed E-state index contributed by atoms with van der Waals surface area (Å²) < 4.78 is 42.2. The van der Waals surface area contributed by atoms with Crippen LogP contribution in [0.3, 0.4) is 0 Å². The Morgan fingerprint density at radius 2 is 1.75 bits per heavy atom. The number of benzene rings is 1. The molecule has 2 bridgehead atoms. The van der Waals surface area contributed by atoms with Crippen molar-refractivity contribution >= 4 is 11.8 Å². The number of aromatic hydroxyl groups is 1. The Morgan fingerprint density at radius 3 is 2.47 bits per heavy atom. The Balaban J connectivity index is 1.30. The van der Waals surface area contributed by atoms with Crippen LogP contribution in [0, 0.1) is 35.2 Å². The van der Waals surface area contributed by atoms with Crippen LogP contribution in [-0.2, 0) is 13.1 Å².